The van der Waals surface area contributed by atoms with Crippen molar-refractivity contribution in [2.24, 2.45) is 11.8 Å². The lowest BCUT2D eigenvalue weighted by Crippen LogP contribution is -2.65. The van der Waals surface area contributed by atoms with Gasteiger partial charge in [0.25, 0.3) is 0 Å². The van der Waals surface area contributed by atoms with E-state index in [9.17, 15) is 22.8 Å². The molecule has 0 radical (unpaired) electrons. The third-order valence-electron chi connectivity index (χ3n) is 7.26. The largest absolute Gasteiger partial charge is 0.416 e. The molecule has 3 aliphatic rings. The Balaban J connectivity index is 1.25. The number of rotatable bonds is 5. The van der Waals surface area contributed by atoms with E-state index in [0.29, 0.717) is 31.4 Å². The van der Waals surface area contributed by atoms with Crippen LogP contribution in [0.5, 0.6) is 0 Å². The first kappa shape index (κ1) is 23.8. The van der Waals surface area contributed by atoms with E-state index < -0.39 is 23.9 Å². The van der Waals surface area contributed by atoms with Crippen LogP contribution in [0.4, 0.5) is 13.2 Å². The normalized spacial score (nSPS) is 28.7. The summed E-state index contributed by atoms with van der Waals surface area (Å²) in [7, 11) is 0. The number of nitrogens with zero attached hydrogens (tertiary/aromatic N) is 1. The highest BCUT2D eigenvalue weighted by atomic mass is 19.4. The number of carbonyl (C=O) groups excluding carboxylic acids is 2. The summed E-state index contributed by atoms with van der Waals surface area (Å²) in [6, 6.07) is 14.2. The van der Waals surface area contributed by atoms with Crippen molar-refractivity contribution in [3.05, 3.63) is 71.3 Å². The van der Waals surface area contributed by atoms with Crippen LogP contribution < -0.4 is 21.6 Å². The van der Waals surface area contributed by atoms with Crippen molar-refractivity contribution >= 4 is 11.8 Å². The third kappa shape index (κ3) is 4.91. The zero-order chi connectivity index (χ0) is 24.6. The molecule has 5 unspecified atom stereocenters. The van der Waals surface area contributed by atoms with Crippen molar-refractivity contribution in [2.45, 2.75) is 50.1 Å². The fourth-order valence-corrected chi connectivity index (χ4v) is 5.44. The molecule has 7 nitrogen and oxygen atoms in total. The van der Waals surface area contributed by atoms with E-state index in [-0.39, 0.29) is 29.7 Å². The van der Waals surface area contributed by atoms with Crippen LogP contribution in [-0.4, -0.2) is 35.6 Å². The van der Waals surface area contributed by atoms with Crippen molar-refractivity contribution in [3.8, 4) is 0 Å². The molecule has 2 aliphatic heterocycles. The van der Waals surface area contributed by atoms with Crippen LogP contribution >= 0.6 is 0 Å². The van der Waals surface area contributed by atoms with Crippen molar-refractivity contribution in [1.82, 2.24) is 26.6 Å². The highest BCUT2D eigenvalue weighted by Crippen LogP contribution is 2.39. The minimum Gasteiger partial charge on any atom is -0.356 e. The summed E-state index contributed by atoms with van der Waals surface area (Å²) in [5.74, 6) is -0.660. The predicted molar refractivity (Wildman–Crippen MR) is 122 cm³/mol. The first-order valence-electron chi connectivity index (χ1n) is 11.9. The second-order valence-corrected chi connectivity index (χ2v) is 9.43. The summed E-state index contributed by atoms with van der Waals surface area (Å²) >= 11 is 0. The first-order chi connectivity index (χ1) is 16.8. The fraction of sp³-hybridized carbons (Fsp3) is 0.440. The van der Waals surface area contributed by atoms with Gasteiger partial charge in [-0.05, 0) is 48.9 Å². The molecular weight excluding hydrogens is 459 g/mol. The maximum Gasteiger partial charge on any atom is 0.416 e. The summed E-state index contributed by atoms with van der Waals surface area (Å²) in [4.78, 5) is 25.8. The Hall–Kier alpha value is -2.95. The van der Waals surface area contributed by atoms with Gasteiger partial charge in [0.05, 0.1) is 17.5 Å². The number of fused-ring (bicyclic) bond motifs is 3. The van der Waals surface area contributed by atoms with Crippen molar-refractivity contribution in [3.63, 3.8) is 0 Å². The van der Waals surface area contributed by atoms with Gasteiger partial charge in [0.2, 0.25) is 11.8 Å². The summed E-state index contributed by atoms with van der Waals surface area (Å²) in [5, 5.41) is 7.84. The summed E-state index contributed by atoms with van der Waals surface area (Å²) in [6.07, 6.45) is -2.58. The van der Waals surface area contributed by atoms with Gasteiger partial charge in [0.15, 0.2) is 0 Å². The van der Waals surface area contributed by atoms with Gasteiger partial charge in [0, 0.05) is 18.5 Å². The second-order valence-electron chi connectivity index (χ2n) is 9.43. The molecule has 0 aromatic heterocycles. The second kappa shape index (κ2) is 9.60. The van der Waals surface area contributed by atoms with E-state index in [1.165, 1.54) is 6.07 Å². The lowest BCUT2D eigenvalue weighted by molar-refractivity contribution is -0.143. The van der Waals surface area contributed by atoms with Gasteiger partial charge in [-0.1, -0.05) is 42.5 Å². The standard InChI is InChI=1S/C25H28F3N5O2/c26-25(27,28)18-8-4-7-16(13-18)21-22-30-24(35)19-10-9-17(14-20(19)33(22)32-31-21)23(34)29-12-11-15-5-2-1-3-6-15/h1-8,13,17,19-22,31-32H,9-12,14H2,(H,29,34)(H,30,35). The lowest BCUT2D eigenvalue weighted by atomic mass is 9.75. The van der Waals surface area contributed by atoms with E-state index in [4.69, 9.17) is 0 Å². The number of hydrazine groups is 2. The number of benzene rings is 2. The number of nitrogens with one attached hydrogen (secondary N) is 4. The summed E-state index contributed by atoms with van der Waals surface area (Å²) in [6.45, 7) is 0.539. The van der Waals surface area contributed by atoms with Crippen molar-refractivity contribution < 1.29 is 22.8 Å². The predicted octanol–water partition coefficient (Wildman–Crippen LogP) is 2.67. The summed E-state index contributed by atoms with van der Waals surface area (Å²) in [5.41, 5.74) is 6.94. The van der Waals surface area contributed by atoms with Crippen molar-refractivity contribution in [1.29, 1.82) is 0 Å². The highest BCUT2D eigenvalue weighted by molar-refractivity contribution is 5.83. The minimum atomic E-state index is -4.45. The number of carbonyl (C=O) groups is 2. The fourth-order valence-electron chi connectivity index (χ4n) is 5.44. The molecule has 2 aromatic rings. The van der Waals surface area contributed by atoms with Gasteiger partial charge in [-0.3, -0.25) is 9.59 Å². The maximum absolute atomic E-state index is 13.2. The van der Waals surface area contributed by atoms with E-state index in [2.05, 4.69) is 21.6 Å². The number of alkyl halides is 3. The molecule has 0 bridgehead atoms. The van der Waals surface area contributed by atoms with E-state index >= 15 is 0 Å². The zero-order valence-corrected chi connectivity index (χ0v) is 19.0. The van der Waals surface area contributed by atoms with Gasteiger partial charge < -0.3 is 10.6 Å². The Labute approximate surface area is 201 Å². The van der Waals surface area contributed by atoms with E-state index in [0.717, 1.165) is 24.1 Å². The Morgan fingerprint density at radius 3 is 2.66 bits per heavy atom. The van der Waals surface area contributed by atoms with Crippen LogP contribution in [0.1, 0.15) is 42.0 Å². The van der Waals surface area contributed by atoms with Gasteiger partial charge in [0.1, 0.15) is 6.17 Å². The average Bonchev–Trinajstić information content (AvgIpc) is 3.28. The number of hydrogen-bond acceptors (Lipinski definition) is 5. The molecule has 3 fully saturated rings. The molecule has 5 atom stereocenters. The molecule has 2 aromatic carbocycles. The van der Waals surface area contributed by atoms with Crippen molar-refractivity contribution in [2.75, 3.05) is 6.54 Å². The molecule has 2 saturated heterocycles. The molecule has 2 amide bonds. The van der Waals surface area contributed by atoms with E-state index in [1.54, 1.807) is 6.07 Å². The van der Waals surface area contributed by atoms with Gasteiger partial charge in [-0.2, -0.15) is 18.7 Å². The molecule has 10 heteroatoms. The van der Waals surface area contributed by atoms with Crippen LogP contribution in [0.15, 0.2) is 54.6 Å². The Bertz CT molecular complexity index is 1080. The minimum absolute atomic E-state index is 0.0245. The molecular formula is C25H28F3N5O2. The Morgan fingerprint density at radius 1 is 1.09 bits per heavy atom. The van der Waals surface area contributed by atoms with Gasteiger partial charge in [-0.15, -0.1) is 0 Å². The Morgan fingerprint density at radius 2 is 1.89 bits per heavy atom. The SMILES string of the molecule is O=C(NCCc1ccccc1)C1CCC2C(=O)NC3C(c4cccc(C(F)(F)F)c4)NNN3C2C1. The monoisotopic (exact) mass is 487 g/mol. The molecule has 1 saturated carbocycles. The molecule has 2 heterocycles. The first-order valence-corrected chi connectivity index (χ1v) is 11.9. The smallest absolute Gasteiger partial charge is 0.356 e. The summed E-state index contributed by atoms with van der Waals surface area (Å²) < 4.78 is 39.7. The Kier molecular flexibility index (Phi) is 6.52. The number of hydrogen-bond donors (Lipinski definition) is 4. The third-order valence-corrected chi connectivity index (χ3v) is 7.26. The average molecular weight is 488 g/mol. The lowest BCUT2D eigenvalue weighted by Gasteiger charge is -2.46. The quantitative estimate of drug-likeness (QED) is 0.521. The molecule has 0 spiro atoms. The molecule has 35 heavy (non-hydrogen) atoms. The van der Waals surface area contributed by atoms with Crippen LogP contribution in [0.25, 0.3) is 0 Å². The van der Waals surface area contributed by atoms with Crippen LogP contribution in [0.2, 0.25) is 0 Å². The zero-order valence-electron chi connectivity index (χ0n) is 19.0. The highest BCUT2D eigenvalue weighted by Gasteiger charge is 2.51. The molecule has 4 N–H and O–H groups in total. The molecule has 1 aliphatic carbocycles. The van der Waals surface area contributed by atoms with Gasteiger partial charge >= 0.3 is 6.18 Å². The topological polar surface area (TPSA) is 85.5 Å². The van der Waals surface area contributed by atoms with Crippen LogP contribution in [0.3, 0.4) is 0 Å². The van der Waals surface area contributed by atoms with Crippen LogP contribution in [-0.2, 0) is 22.2 Å². The van der Waals surface area contributed by atoms with Crippen LogP contribution in [0, 0.1) is 11.8 Å². The van der Waals surface area contributed by atoms with E-state index in [1.807, 2.05) is 35.3 Å². The van der Waals surface area contributed by atoms with Gasteiger partial charge in [-0.25, -0.2) is 10.4 Å². The number of halogens is 3. The number of amides is 2. The molecule has 5 rings (SSSR count). The molecule has 186 valence electrons. The maximum atomic E-state index is 13.2.